The molecule has 1 fully saturated rings. The van der Waals surface area contributed by atoms with Gasteiger partial charge in [0.15, 0.2) is 0 Å². The fraction of sp³-hybridized carbons (Fsp3) is 0.562. The third-order valence-corrected chi connectivity index (χ3v) is 5.71. The summed E-state index contributed by atoms with van der Waals surface area (Å²) in [7, 11) is 0. The predicted octanol–water partition coefficient (Wildman–Crippen LogP) is 1.88. The Morgan fingerprint density at radius 2 is 2.08 bits per heavy atom. The second-order valence-corrected chi connectivity index (χ2v) is 7.45. The van der Waals surface area contributed by atoms with Gasteiger partial charge in [0.25, 0.3) is 5.56 Å². The molecule has 0 bridgehead atoms. The zero-order valence-electron chi connectivity index (χ0n) is 13.3. The van der Waals surface area contributed by atoms with Crippen molar-refractivity contribution >= 4 is 22.4 Å². The Labute approximate surface area is 143 Å². The monoisotopic (exact) mass is 345 g/mol. The van der Waals surface area contributed by atoms with Crippen LogP contribution in [0.1, 0.15) is 54.3 Å². The highest BCUT2D eigenvalue weighted by Gasteiger charge is 2.24. The van der Waals surface area contributed by atoms with Gasteiger partial charge in [0.1, 0.15) is 11.6 Å². The summed E-state index contributed by atoms with van der Waals surface area (Å²) < 4.78 is 1.24. The summed E-state index contributed by atoms with van der Waals surface area (Å²) in [6.07, 6.45) is 7.49. The van der Waals surface area contributed by atoms with E-state index in [1.165, 1.54) is 22.4 Å². The number of carbonyl (C=O) groups is 1. The zero-order valence-corrected chi connectivity index (χ0v) is 14.1. The standard InChI is InChI=1S/C16H19N5O2S/c22-13(17-16-19-18-15(24-16)10-5-3-6-10)9-21-14(23)8-11-4-1-2-7-12(11)20-21/h8,10H,1-7,9H2,(H,17,19,22). The van der Waals surface area contributed by atoms with Gasteiger partial charge in [-0.25, -0.2) is 4.68 Å². The number of hydrogen-bond acceptors (Lipinski definition) is 6. The highest BCUT2D eigenvalue weighted by atomic mass is 32.1. The Morgan fingerprint density at radius 3 is 2.88 bits per heavy atom. The van der Waals surface area contributed by atoms with E-state index in [1.54, 1.807) is 6.07 Å². The van der Waals surface area contributed by atoms with E-state index in [2.05, 4.69) is 20.6 Å². The highest BCUT2D eigenvalue weighted by Crippen LogP contribution is 2.38. The van der Waals surface area contributed by atoms with E-state index < -0.39 is 0 Å². The molecule has 2 heterocycles. The van der Waals surface area contributed by atoms with E-state index in [0.29, 0.717) is 11.0 Å². The summed E-state index contributed by atoms with van der Waals surface area (Å²) >= 11 is 1.42. The maximum Gasteiger partial charge on any atom is 0.267 e. The number of nitrogens with one attached hydrogen (secondary N) is 1. The van der Waals surface area contributed by atoms with Crippen LogP contribution in [0.25, 0.3) is 0 Å². The molecular formula is C16H19N5O2S. The van der Waals surface area contributed by atoms with E-state index in [-0.39, 0.29) is 18.0 Å². The fourth-order valence-electron chi connectivity index (χ4n) is 3.11. The van der Waals surface area contributed by atoms with Crippen LogP contribution < -0.4 is 10.9 Å². The van der Waals surface area contributed by atoms with Crippen molar-refractivity contribution in [2.75, 3.05) is 5.32 Å². The van der Waals surface area contributed by atoms with Crippen molar-refractivity contribution in [3.8, 4) is 0 Å². The van der Waals surface area contributed by atoms with E-state index in [1.807, 2.05) is 0 Å². The van der Waals surface area contributed by atoms with Gasteiger partial charge in [0.2, 0.25) is 11.0 Å². The molecule has 2 aliphatic rings. The molecule has 0 atom stereocenters. The number of carbonyl (C=O) groups excluding carboxylic acids is 1. The van der Waals surface area contributed by atoms with E-state index in [4.69, 9.17) is 0 Å². The number of amides is 1. The van der Waals surface area contributed by atoms with E-state index in [9.17, 15) is 9.59 Å². The normalized spacial score (nSPS) is 17.2. The predicted molar refractivity (Wildman–Crippen MR) is 90.3 cm³/mol. The molecular weight excluding hydrogens is 326 g/mol. The van der Waals surface area contributed by atoms with Gasteiger partial charge < -0.3 is 0 Å². The third-order valence-electron chi connectivity index (χ3n) is 4.71. The van der Waals surface area contributed by atoms with Crippen LogP contribution in [0.2, 0.25) is 0 Å². The van der Waals surface area contributed by atoms with Crippen molar-refractivity contribution in [2.45, 2.75) is 57.4 Å². The Hall–Kier alpha value is -2.09. The second-order valence-electron chi connectivity index (χ2n) is 6.44. The minimum Gasteiger partial charge on any atom is -0.299 e. The van der Waals surface area contributed by atoms with Crippen LogP contribution in [-0.2, 0) is 24.2 Å². The van der Waals surface area contributed by atoms with Crippen LogP contribution in [0.15, 0.2) is 10.9 Å². The summed E-state index contributed by atoms with van der Waals surface area (Å²) in [5.74, 6) is 0.203. The molecule has 1 amide bonds. The van der Waals surface area contributed by atoms with Gasteiger partial charge in [-0.15, -0.1) is 10.2 Å². The third kappa shape index (κ3) is 3.10. The van der Waals surface area contributed by atoms with Crippen molar-refractivity contribution in [3.05, 3.63) is 32.7 Å². The van der Waals surface area contributed by atoms with Crippen LogP contribution in [0.5, 0.6) is 0 Å². The second kappa shape index (κ2) is 6.43. The SMILES string of the molecule is O=C(Cn1nc2c(cc1=O)CCCC2)Nc1nnc(C2CCC2)s1. The first kappa shape index (κ1) is 15.4. The Morgan fingerprint density at radius 1 is 1.25 bits per heavy atom. The lowest BCUT2D eigenvalue weighted by Gasteiger charge is -2.21. The first-order chi connectivity index (χ1) is 11.7. The van der Waals surface area contributed by atoms with Gasteiger partial charge in [-0.05, 0) is 44.1 Å². The van der Waals surface area contributed by atoms with Crippen LogP contribution in [0, 0.1) is 0 Å². The summed E-state index contributed by atoms with van der Waals surface area (Å²) in [5.41, 5.74) is 1.74. The first-order valence-corrected chi connectivity index (χ1v) is 9.24. The van der Waals surface area contributed by atoms with Gasteiger partial charge in [-0.3, -0.25) is 14.9 Å². The van der Waals surface area contributed by atoms with Crippen LogP contribution >= 0.6 is 11.3 Å². The summed E-state index contributed by atoms with van der Waals surface area (Å²) in [6, 6.07) is 1.62. The summed E-state index contributed by atoms with van der Waals surface area (Å²) in [4.78, 5) is 24.3. The lowest BCUT2D eigenvalue weighted by atomic mass is 9.86. The van der Waals surface area contributed by atoms with E-state index >= 15 is 0 Å². The van der Waals surface area contributed by atoms with Crippen LogP contribution in [-0.4, -0.2) is 25.9 Å². The number of fused-ring (bicyclic) bond motifs is 1. The van der Waals surface area contributed by atoms with Crippen LogP contribution in [0.4, 0.5) is 5.13 Å². The Balaban J connectivity index is 1.44. The molecule has 0 saturated heterocycles. The smallest absolute Gasteiger partial charge is 0.267 e. The lowest BCUT2D eigenvalue weighted by molar-refractivity contribution is -0.117. The van der Waals surface area contributed by atoms with Gasteiger partial charge in [0, 0.05) is 12.0 Å². The average molecular weight is 345 g/mol. The highest BCUT2D eigenvalue weighted by molar-refractivity contribution is 7.15. The first-order valence-electron chi connectivity index (χ1n) is 8.42. The molecule has 2 aromatic rings. The van der Waals surface area contributed by atoms with Crippen molar-refractivity contribution < 1.29 is 4.79 Å². The number of aryl methyl sites for hydroxylation is 2. The Bertz CT molecular complexity index is 824. The van der Waals surface area contributed by atoms with E-state index in [0.717, 1.165) is 54.8 Å². The van der Waals surface area contributed by atoms with Crippen molar-refractivity contribution in [2.24, 2.45) is 0 Å². The summed E-state index contributed by atoms with van der Waals surface area (Å²) in [5, 5.41) is 16.7. The number of nitrogens with zero attached hydrogens (tertiary/aromatic N) is 4. The van der Waals surface area contributed by atoms with Crippen LogP contribution in [0.3, 0.4) is 0 Å². The number of aromatic nitrogens is 4. The van der Waals surface area contributed by atoms with Gasteiger partial charge >= 0.3 is 0 Å². The molecule has 0 aliphatic heterocycles. The fourth-order valence-corrected chi connectivity index (χ4v) is 4.04. The maximum absolute atomic E-state index is 12.2. The molecule has 4 rings (SSSR count). The molecule has 2 aromatic heterocycles. The maximum atomic E-state index is 12.2. The molecule has 7 nitrogen and oxygen atoms in total. The number of rotatable bonds is 4. The molecule has 8 heteroatoms. The molecule has 0 aromatic carbocycles. The quantitative estimate of drug-likeness (QED) is 0.914. The lowest BCUT2D eigenvalue weighted by Crippen LogP contribution is -2.31. The average Bonchev–Trinajstić information content (AvgIpc) is 2.94. The molecule has 0 unspecified atom stereocenters. The topological polar surface area (TPSA) is 89.8 Å². The minimum absolute atomic E-state index is 0.0928. The Kier molecular flexibility index (Phi) is 4.13. The zero-order chi connectivity index (χ0) is 16.5. The number of hydrogen-bond donors (Lipinski definition) is 1. The minimum atomic E-state index is -0.295. The molecule has 24 heavy (non-hydrogen) atoms. The molecule has 0 spiro atoms. The number of anilines is 1. The molecule has 1 saturated carbocycles. The van der Waals surface area contributed by atoms with Gasteiger partial charge in [-0.1, -0.05) is 17.8 Å². The molecule has 126 valence electrons. The summed E-state index contributed by atoms with van der Waals surface area (Å²) in [6.45, 7) is -0.0928. The van der Waals surface area contributed by atoms with Crippen molar-refractivity contribution in [3.63, 3.8) is 0 Å². The largest absolute Gasteiger partial charge is 0.299 e. The molecule has 0 radical (unpaired) electrons. The molecule has 2 aliphatic carbocycles. The van der Waals surface area contributed by atoms with Crippen molar-refractivity contribution in [1.29, 1.82) is 0 Å². The van der Waals surface area contributed by atoms with Gasteiger partial charge in [0.05, 0.1) is 5.69 Å². The van der Waals surface area contributed by atoms with Gasteiger partial charge in [-0.2, -0.15) is 5.10 Å². The molecule has 1 N–H and O–H groups in total. The van der Waals surface area contributed by atoms with Crippen molar-refractivity contribution in [1.82, 2.24) is 20.0 Å².